The fourth-order valence-electron chi connectivity index (χ4n) is 0. The van der Waals surface area contributed by atoms with Gasteiger partial charge in [0, 0.05) is 50.3 Å². The predicted octanol–water partition coefficient (Wildman–Crippen LogP) is -1.57. The monoisotopic (exact) mass is 222 g/mol. The summed E-state index contributed by atoms with van der Waals surface area (Å²) in [7, 11) is 0. The molecule has 0 aromatic rings. The van der Waals surface area contributed by atoms with Crippen LogP contribution >= 0.6 is 0 Å². The fourth-order valence-corrected chi connectivity index (χ4v) is 0. The molecule has 0 rings (SSSR count). The Morgan fingerprint density at radius 2 is 1.00 bits per heavy atom. The first-order chi connectivity index (χ1) is 0. The van der Waals surface area contributed by atoms with Gasteiger partial charge in [0.25, 0.3) is 0 Å². The summed E-state index contributed by atoms with van der Waals surface area (Å²) < 4.78 is 0. The van der Waals surface area contributed by atoms with Crippen molar-refractivity contribution in [1.29, 1.82) is 0 Å². The number of hydrogen-bond acceptors (Lipinski definition) is 0. The molecule has 0 atom stereocenters. The van der Waals surface area contributed by atoms with Gasteiger partial charge < -0.3 is 0 Å². The topological polar surface area (TPSA) is 0 Å². The second kappa shape index (κ2) is 26.3. The van der Waals surface area contributed by atoms with E-state index in [1.807, 2.05) is 0 Å². The zero-order valence-electron chi connectivity index (χ0n) is 1.03. The van der Waals surface area contributed by atoms with Gasteiger partial charge in [-0.25, -0.2) is 0 Å². The van der Waals surface area contributed by atoms with Gasteiger partial charge in [-0.3, -0.25) is 0 Å². The molecular formula is H3CaCoLiMnNi. The van der Waals surface area contributed by atoms with E-state index in [0.29, 0.717) is 0 Å². The number of rotatable bonds is 0. The van der Waals surface area contributed by atoms with Crippen molar-refractivity contribution < 1.29 is 50.3 Å². The Bertz CT molecular complexity index is 11.6. The molecule has 0 saturated heterocycles. The van der Waals surface area contributed by atoms with E-state index < -0.39 is 0 Å². The third kappa shape index (κ3) is 18.7. The first kappa shape index (κ1) is 40.0. The molecule has 0 bridgehead atoms. The van der Waals surface area contributed by atoms with Crippen LogP contribution in [0.15, 0.2) is 0 Å². The molecule has 0 spiro atoms. The van der Waals surface area contributed by atoms with E-state index in [2.05, 4.69) is 0 Å². The van der Waals surface area contributed by atoms with Crippen molar-refractivity contribution in [1.82, 2.24) is 0 Å². The molecule has 0 heterocycles. The second-order valence-corrected chi connectivity index (χ2v) is 0. The van der Waals surface area contributed by atoms with Crippen molar-refractivity contribution in [3.05, 3.63) is 0 Å². The Balaban J connectivity index is 0. The Kier molecular flexibility index (Phi) is 210. The summed E-state index contributed by atoms with van der Waals surface area (Å²) in [6.45, 7) is 0. The van der Waals surface area contributed by atoms with Crippen LogP contribution < -0.4 is 0 Å². The molecular weight excluding hydrogens is 220 g/mol. The van der Waals surface area contributed by atoms with Gasteiger partial charge in [0.1, 0.15) is 0 Å². The van der Waals surface area contributed by atoms with E-state index >= 15 is 0 Å². The Hall–Kier alpha value is 3.38. The van der Waals surface area contributed by atoms with Crippen LogP contribution in [0.25, 0.3) is 0 Å². The minimum Gasteiger partial charge on any atom is 0 e. The molecule has 32 valence electrons. The predicted molar refractivity (Wildman–Crippen MR) is 15.7 cm³/mol. The van der Waals surface area contributed by atoms with Crippen LogP contribution in [-0.4, -0.2) is 56.6 Å². The smallest absolute Gasteiger partial charge is 0 e. The standard InChI is InChI=1S/Ca.Co.Li.Mn.Ni.3H. The van der Waals surface area contributed by atoms with Crippen LogP contribution in [0.3, 0.4) is 0 Å². The molecule has 0 unspecified atom stereocenters. The molecule has 0 aromatic heterocycles. The third-order valence-electron chi connectivity index (χ3n) is 0. The largest absolute Gasteiger partial charge is 0 e. The average molecular weight is 223 g/mol. The quantitative estimate of drug-likeness (QED) is 0.435. The van der Waals surface area contributed by atoms with Crippen LogP contribution in [0, 0.1) is 0 Å². The molecule has 0 amide bonds. The maximum Gasteiger partial charge on any atom is 0 e. The molecule has 0 fully saturated rings. The van der Waals surface area contributed by atoms with E-state index in [-0.39, 0.29) is 107 Å². The third-order valence-corrected chi connectivity index (χ3v) is 0. The van der Waals surface area contributed by atoms with E-state index in [1.54, 1.807) is 0 Å². The zero-order valence-corrected chi connectivity index (χ0v) is 4.24. The first-order valence-corrected chi connectivity index (χ1v) is 0. The van der Waals surface area contributed by atoms with Crippen molar-refractivity contribution in [2.24, 2.45) is 0 Å². The van der Waals surface area contributed by atoms with Gasteiger partial charge in [-0.15, -0.1) is 0 Å². The first-order valence-electron chi connectivity index (χ1n) is 0. The second-order valence-electron chi connectivity index (χ2n) is 0. The van der Waals surface area contributed by atoms with Crippen LogP contribution in [0.4, 0.5) is 0 Å². The fraction of sp³-hybridized carbons (Fsp3) is 0. The van der Waals surface area contributed by atoms with E-state index in [0.717, 1.165) is 0 Å². The van der Waals surface area contributed by atoms with Crippen molar-refractivity contribution >= 4 is 56.6 Å². The summed E-state index contributed by atoms with van der Waals surface area (Å²) in [4.78, 5) is 0. The van der Waals surface area contributed by atoms with Crippen molar-refractivity contribution in [3.63, 3.8) is 0 Å². The summed E-state index contributed by atoms with van der Waals surface area (Å²) in [5.41, 5.74) is 0. The molecule has 0 aliphatic rings. The van der Waals surface area contributed by atoms with Crippen LogP contribution in [0.5, 0.6) is 0 Å². The van der Waals surface area contributed by atoms with Crippen LogP contribution in [0.2, 0.25) is 0 Å². The SMILES string of the molecule is [CaH2].[Co].[LiH].[Mn].[Ni]. The summed E-state index contributed by atoms with van der Waals surface area (Å²) in [6, 6.07) is 0. The maximum absolute atomic E-state index is 0. The van der Waals surface area contributed by atoms with E-state index in [1.165, 1.54) is 0 Å². The van der Waals surface area contributed by atoms with Gasteiger partial charge in [0.2, 0.25) is 0 Å². The zero-order chi connectivity index (χ0) is 0. The van der Waals surface area contributed by atoms with Crippen molar-refractivity contribution in [3.8, 4) is 0 Å². The van der Waals surface area contributed by atoms with Gasteiger partial charge in [-0.1, -0.05) is 0 Å². The molecule has 5 heavy (non-hydrogen) atoms. The number of hydrogen-bond donors (Lipinski definition) is 0. The molecule has 0 aliphatic carbocycles. The Labute approximate surface area is 105 Å². The molecule has 0 aliphatic heterocycles. The van der Waals surface area contributed by atoms with Crippen molar-refractivity contribution in [2.75, 3.05) is 0 Å². The van der Waals surface area contributed by atoms with Gasteiger partial charge >= 0.3 is 56.6 Å². The minimum atomic E-state index is 0. The van der Waals surface area contributed by atoms with Crippen LogP contribution in [0.1, 0.15) is 0 Å². The summed E-state index contributed by atoms with van der Waals surface area (Å²) in [5.74, 6) is 0. The molecule has 5 heteroatoms. The summed E-state index contributed by atoms with van der Waals surface area (Å²) in [6.07, 6.45) is 0. The molecule has 0 aromatic carbocycles. The summed E-state index contributed by atoms with van der Waals surface area (Å²) >= 11 is 0. The van der Waals surface area contributed by atoms with Gasteiger partial charge in [-0.2, -0.15) is 0 Å². The molecule has 0 saturated carbocycles. The van der Waals surface area contributed by atoms with Crippen molar-refractivity contribution in [2.45, 2.75) is 0 Å². The van der Waals surface area contributed by atoms with Gasteiger partial charge in [0.15, 0.2) is 0 Å². The van der Waals surface area contributed by atoms with Gasteiger partial charge in [-0.05, 0) is 0 Å². The Morgan fingerprint density at radius 3 is 1.00 bits per heavy atom. The molecule has 2 radical (unpaired) electrons. The Morgan fingerprint density at radius 1 is 1.00 bits per heavy atom. The van der Waals surface area contributed by atoms with E-state index in [9.17, 15) is 0 Å². The normalized spacial score (nSPS) is 0. The maximum atomic E-state index is 0. The van der Waals surface area contributed by atoms with Crippen LogP contribution in [-0.2, 0) is 50.3 Å². The molecule has 0 nitrogen and oxygen atoms in total. The van der Waals surface area contributed by atoms with E-state index in [4.69, 9.17) is 0 Å². The summed E-state index contributed by atoms with van der Waals surface area (Å²) in [5, 5.41) is 0. The molecule has 0 N–H and O–H groups in total. The minimum absolute atomic E-state index is 0. The van der Waals surface area contributed by atoms with Gasteiger partial charge in [0.05, 0.1) is 0 Å². The average Bonchev–Trinajstić information content (AvgIpc) is 0.